The molecule has 7 N–H and O–H groups in total. The van der Waals surface area contributed by atoms with E-state index in [4.69, 9.17) is 24.9 Å². The zero-order valence-electron chi connectivity index (χ0n) is 38.8. The highest BCUT2D eigenvalue weighted by atomic mass is 16.6. The predicted octanol–water partition coefficient (Wildman–Crippen LogP) is 3.67. The number of pyridine rings is 2. The zero-order valence-corrected chi connectivity index (χ0v) is 38.8. The van der Waals surface area contributed by atoms with E-state index in [1.54, 1.807) is 67.2 Å². The molecule has 0 saturated carbocycles. The first-order valence-corrected chi connectivity index (χ1v) is 22.2. The largest absolute Gasteiger partial charge is 0.458 e. The number of carbonyl (C=O) groups excluding carboxylic acids is 6. The standard InChI is InChI=1S/C47H59N9O11/c1-8-30-31-20-29(15-16-35(31)52-39-33(30)22-56-37(39)21-32-34(43(56)60)24-65-44(61)40(32)57)67-47(64)55(7)19-18-54(6)46(63)66-23-27-11-13-28(14-12-27)51-41(58)36(10-9-17-49-45(48)62)53-42(59)38(25(2)3)50-26(4)5/h11-16,20-21,25-26,36,38,40,50,57H,8-10,17-19,22-24H2,1-7H3,(H,51,58)(H,53,59)(H3,48,49,62)/t36-,38-,40-/m0/s1. The van der Waals surface area contributed by atoms with E-state index >= 15 is 0 Å². The van der Waals surface area contributed by atoms with E-state index in [2.05, 4.69) is 21.3 Å². The van der Waals surface area contributed by atoms with Gasteiger partial charge in [0.1, 0.15) is 25.0 Å². The van der Waals surface area contributed by atoms with Crippen molar-refractivity contribution >= 4 is 52.6 Å². The maximum Gasteiger partial charge on any atom is 0.415 e. The Balaban J connectivity index is 0.998. The summed E-state index contributed by atoms with van der Waals surface area (Å²) in [5, 5.41) is 22.6. The molecule has 2 aromatic carbocycles. The Labute approximate surface area is 387 Å². The lowest BCUT2D eigenvalue weighted by Gasteiger charge is -2.27. The number of hydrogen-bond acceptors (Lipinski definition) is 13. The number of ether oxygens (including phenoxy) is 3. The van der Waals surface area contributed by atoms with Crippen LogP contribution >= 0.6 is 0 Å². The molecule has 20 heteroatoms. The number of anilines is 1. The lowest BCUT2D eigenvalue weighted by atomic mass is 9.97. The van der Waals surface area contributed by atoms with Gasteiger partial charge in [0.05, 0.1) is 35.1 Å². The van der Waals surface area contributed by atoms with Crippen molar-refractivity contribution in [2.75, 3.05) is 39.0 Å². The van der Waals surface area contributed by atoms with Gasteiger partial charge in [0, 0.05) is 62.0 Å². The number of cyclic esters (lactones) is 1. The van der Waals surface area contributed by atoms with Crippen molar-refractivity contribution in [1.29, 1.82) is 0 Å². The molecule has 6 amide bonds. The van der Waals surface area contributed by atoms with Crippen molar-refractivity contribution in [2.24, 2.45) is 11.7 Å². The van der Waals surface area contributed by atoms with Crippen molar-refractivity contribution in [3.8, 4) is 17.1 Å². The number of aromatic nitrogens is 2. The van der Waals surface area contributed by atoms with Crippen molar-refractivity contribution in [3.05, 3.63) is 86.7 Å². The monoisotopic (exact) mass is 925 g/mol. The molecular formula is C47H59N9O11. The second-order valence-corrected chi connectivity index (χ2v) is 17.3. The van der Waals surface area contributed by atoms with Crippen LogP contribution < -0.4 is 37.3 Å². The number of nitrogens with zero attached hydrogens (tertiary/aromatic N) is 4. The summed E-state index contributed by atoms with van der Waals surface area (Å²) in [7, 11) is 3.09. The van der Waals surface area contributed by atoms with Crippen molar-refractivity contribution in [1.82, 2.24) is 35.3 Å². The van der Waals surface area contributed by atoms with Crippen LogP contribution in [-0.4, -0.2) is 112 Å². The quantitative estimate of drug-likeness (QED) is 0.0542. The Morgan fingerprint density at radius 3 is 2.31 bits per heavy atom. The van der Waals surface area contributed by atoms with E-state index in [9.17, 15) is 38.7 Å². The SMILES string of the molecule is CCc1c2c(nc3ccc(OC(=O)N(C)CCN(C)C(=O)OCc4ccc(NC(=O)[C@H](CCCNC(N)=O)NC(=O)[C@@H](NC(C)C)C(C)C)cc4)cc13)-c1cc3c(c(=O)n1C2)COC(=O)[C@H]3O. The smallest absolute Gasteiger partial charge is 0.415 e. The number of nitrogens with two attached hydrogens (primary N) is 1. The van der Waals surface area contributed by atoms with E-state index in [0.29, 0.717) is 41.0 Å². The Morgan fingerprint density at radius 2 is 1.66 bits per heavy atom. The highest BCUT2D eigenvalue weighted by molar-refractivity contribution is 5.98. The highest BCUT2D eigenvalue weighted by Crippen LogP contribution is 2.39. The summed E-state index contributed by atoms with van der Waals surface area (Å²) in [5.41, 5.74) is 9.79. The summed E-state index contributed by atoms with van der Waals surface area (Å²) in [4.78, 5) is 96.9. The summed E-state index contributed by atoms with van der Waals surface area (Å²) in [6, 6.07) is 11.3. The van der Waals surface area contributed by atoms with Gasteiger partial charge in [-0.05, 0) is 72.7 Å². The molecule has 0 saturated heterocycles. The van der Waals surface area contributed by atoms with E-state index in [0.717, 1.165) is 16.5 Å². The van der Waals surface area contributed by atoms with Crippen LogP contribution in [0.4, 0.5) is 20.1 Å². The van der Waals surface area contributed by atoms with E-state index in [-0.39, 0.29) is 86.1 Å². The molecule has 2 aromatic heterocycles. The Kier molecular flexibility index (Phi) is 15.8. The topological polar surface area (TPSA) is 266 Å². The molecule has 0 unspecified atom stereocenters. The summed E-state index contributed by atoms with van der Waals surface area (Å²) in [6.45, 7) is 10.1. The van der Waals surface area contributed by atoms with Gasteiger partial charge in [-0.1, -0.05) is 46.8 Å². The lowest BCUT2D eigenvalue weighted by Crippen LogP contribution is -2.54. The summed E-state index contributed by atoms with van der Waals surface area (Å²) < 4.78 is 17.8. The van der Waals surface area contributed by atoms with Crippen LogP contribution in [-0.2, 0) is 50.0 Å². The summed E-state index contributed by atoms with van der Waals surface area (Å²) in [5.74, 6) is -1.33. The fraction of sp³-hybridized carbons (Fsp3) is 0.447. The minimum atomic E-state index is -1.56. The maximum atomic E-state index is 13.5. The van der Waals surface area contributed by atoms with Crippen LogP contribution in [0.15, 0.2) is 53.3 Å². The number of urea groups is 1. The van der Waals surface area contributed by atoms with Crippen molar-refractivity contribution in [2.45, 2.75) is 97.9 Å². The zero-order chi connectivity index (χ0) is 48.7. The molecule has 0 fully saturated rings. The molecule has 2 aliphatic rings. The number of esters is 1. The minimum absolute atomic E-state index is 0.0380. The Bertz CT molecular complexity index is 2600. The van der Waals surface area contributed by atoms with E-state index in [1.807, 2.05) is 34.6 Å². The van der Waals surface area contributed by atoms with Gasteiger partial charge in [-0.25, -0.2) is 24.2 Å². The Hall–Kier alpha value is -7.06. The third-order valence-corrected chi connectivity index (χ3v) is 11.6. The number of aryl methyl sites for hydroxylation is 1. The van der Waals surface area contributed by atoms with Gasteiger partial charge < -0.3 is 60.7 Å². The molecule has 6 rings (SSSR count). The van der Waals surface area contributed by atoms with E-state index < -0.39 is 48.3 Å². The fourth-order valence-corrected chi connectivity index (χ4v) is 7.96. The molecule has 2 aliphatic heterocycles. The third kappa shape index (κ3) is 11.7. The van der Waals surface area contributed by atoms with Crippen LogP contribution in [0.1, 0.15) is 81.4 Å². The molecule has 4 aromatic rings. The molecule has 0 aliphatic carbocycles. The molecule has 4 heterocycles. The number of rotatable bonds is 18. The van der Waals surface area contributed by atoms with Crippen LogP contribution in [0.3, 0.4) is 0 Å². The normalized spacial score (nSPS) is 14.6. The number of nitrogens with one attached hydrogen (secondary N) is 4. The first-order valence-electron chi connectivity index (χ1n) is 22.2. The number of carbonyl (C=O) groups is 6. The van der Waals surface area contributed by atoms with Gasteiger partial charge in [-0.15, -0.1) is 0 Å². The number of fused-ring (bicyclic) bond motifs is 5. The third-order valence-electron chi connectivity index (χ3n) is 11.6. The average molecular weight is 926 g/mol. The number of likely N-dealkylation sites (N-methyl/N-ethyl adjacent to an activating group) is 2. The summed E-state index contributed by atoms with van der Waals surface area (Å²) in [6.07, 6.45) is -1.62. The number of aliphatic hydroxyl groups is 1. The number of primary amides is 1. The van der Waals surface area contributed by atoms with Gasteiger partial charge >= 0.3 is 24.2 Å². The highest BCUT2D eigenvalue weighted by Gasteiger charge is 2.35. The van der Waals surface area contributed by atoms with Crippen LogP contribution in [0.2, 0.25) is 0 Å². The molecule has 20 nitrogen and oxygen atoms in total. The molecular weight excluding hydrogens is 867 g/mol. The van der Waals surface area contributed by atoms with Crippen LogP contribution in [0.5, 0.6) is 5.75 Å². The molecule has 67 heavy (non-hydrogen) atoms. The second kappa shape index (κ2) is 21.5. The number of benzene rings is 2. The number of hydrogen-bond donors (Lipinski definition) is 6. The molecule has 3 atom stereocenters. The number of aliphatic hydroxyl groups excluding tert-OH is 1. The molecule has 0 spiro atoms. The van der Waals surface area contributed by atoms with Gasteiger partial charge in [-0.3, -0.25) is 14.4 Å². The molecule has 358 valence electrons. The van der Waals surface area contributed by atoms with Gasteiger partial charge in [-0.2, -0.15) is 0 Å². The first kappa shape index (κ1) is 49.4. The van der Waals surface area contributed by atoms with Crippen LogP contribution in [0, 0.1) is 5.92 Å². The minimum Gasteiger partial charge on any atom is -0.458 e. The van der Waals surface area contributed by atoms with Crippen LogP contribution in [0.25, 0.3) is 22.3 Å². The van der Waals surface area contributed by atoms with Crippen molar-refractivity contribution in [3.63, 3.8) is 0 Å². The van der Waals surface area contributed by atoms with Gasteiger partial charge in [0.15, 0.2) is 6.10 Å². The predicted molar refractivity (Wildman–Crippen MR) is 247 cm³/mol. The maximum absolute atomic E-state index is 13.5. The second-order valence-electron chi connectivity index (χ2n) is 17.3. The van der Waals surface area contributed by atoms with Gasteiger partial charge in [0.2, 0.25) is 11.8 Å². The fourth-order valence-electron chi connectivity index (χ4n) is 7.96. The van der Waals surface area contributed by atoms with E-state index in [1.165, 1.54) is 9.80 Å². The number of amides is 6. The summed E-state index contributed by atoms with van der Waals surface area (Å²) >= 11 is 0. The average Bonchev–Trinajstić information content (AvgIpc) is 3.66. The molecule has 0 radical (unpaired) electrons. The first-order chi connectivity index (χ1) is 31.9. The molecule has 0 bridgehead atoms. The lowest BCUT2D eigenvalue weighted by molar-refractivity contribution is -0.157. The van der Waals surface area contributed by atoms with Gasteiger partial charge in [0.25, 0.3) is 5.56 Å². The Morgan fingerprint density at radius 1 is 0.955 bits per heavy atom. The van der Waals surface area contributed by atoms with Crippen molar-refractivity contribution < 1.29 is 48.1 Å².